The zero-order chi connectivity index (χ0) is 13.8. The van der Waals surface area contributed by atoms with Gasteiger partial charge >= 0.3 is 0 Å². The minimum absolute atomic E-state index is 0.159. The topological polar surface area (TPSA) is 30.4 Å². The lowest BCUT2D eigenvalue weighted by Gasteiger charge is -2.00. The van der Waals surface area contributed by atoms with Crippen molar-refractivity contribution >= 4 is 0 Å². The Morgan fingerprint density at radius 3 is 2.10 bits per heavy atom. The van der Waals surface area contributed by atoms with Crippen LogP contribution in [0.2, 0.25) is 0 Å². The predicted octanol–water partition coefficient (Wildman–Crippen LogP) is 4.43. The van der Waals surface area contributed by atoms with E-state index in [0.29, 0.717) is 5.89 Å². The molecule has 1 heterocycles. The maximum absolute atomic E-state index is 6.95. The van der Waals surface area contributed by atoms with Crippen LogP contribution in [-0.2, 0) is 6.54 Å². The van der Waals surface area contributed by atoms with Crippen molar-refractivity contribution in [1.29, 1.82) is 0 Å². The van der Waals surface area contributed by atoms with Gasteiger partial charge in [-0.2, -0.15) is 0 Å². The second-order valence-electron chi connectivity index (χ2n) is 4.33. The molecule has 0 spiro atoms. The Kier molecular flexibility index (Phi) is 3.30. The van der Waals surface area contributed by atoms with Gasteiger partial charge in [-0.25, -0.2) is 11.6 Å². The van der Waals surface area contributed by atoms with Gasteiger partial charge in [0.15, 0.2) is 5.76 Å². The average molecular weight is 260 g/mol. The number of hydrogen-bond donors (Lipinski definition) is 0. The molecule has 0 fully saturated rings. The summed E-state index contributed by atoms with van der Waals surface area (Å²) in [5.74, 6) is 1.17. The van der Waals surface area contributed by atoms with E-state index < -0.39 is 0 Å². The molecule has 0 aliphatic heterocycles. The van der Waals surface area contributed by atoms with Crippen LogP contribution in [0, 0.1) is 6.57 Å². The Bertz CT molecular complexity index is 683. The van der Waals surface area contributed by atoms with Gasteiger partial charge in [-0.15, -0.1) is 0 Å². The highest BCUT2D eigenvalue weighted by molar-refractivity contribution is 5.76. The zero-order valence-electron chi connectivity index (χ0n) is 10.8. The second-order valence-corrected chi connectivity index (χ2v) is 4.33. The third-order valence-electron chi connectivity index (χ3n) is 2.97. The van der Waals surface area contributed by atoms with Gasteiger partial charge in [-0.3, -0.25) is 0 Å². The number of aromatic nitrogens is 1. The van der Waals surface area contributed by atoms with Gasteiger partial charge in [0, 0.05) is 11.1 Å². The summed E-state index contributed by atoms with van der Waals surface area (Å²) in [5.41, 5.74) is 2.75. The van der Waals surface area contributed by atoms with Gasteiger partial charge in [0.25, 0.3) is 12.4 Å². The van der Waals surface area contributed by atoms with E-state index in [1.807, 2.05) is 60.7 Å². The van der Waals surface area contributed by atoms with Gasteiger partial charge in [0.05, 0.1) is 0 Å². The first-order valence-electron chi connectivity index (χ1n) is 6.32. The fraction of sp³-hybridized carbons (Fsp3) is 0.0588. The summed E-state index contributed by atoms with van der Waals surface area (Å²) >= 11 is 0. The predicted molar refractivity (Wildman–Crippen MR) is 77.7 cm³/mol. The van der Waals surface area contributed by atoms with Gasteiger partial charge in [-0.1, -0.05) is 60.7 Å². The number of benzene rings is 2. The van der Waals surface area contributed by atoms with Crippen molar-refractivity contribution in [2.24, 2.45) is 0 Å². The van der Waals surface area contributed by atoms with E-state index in [0.717, 1.165) is 22.6 Å². The lowest BCUT2D eigenvalue weighted by atomic mass is 10.1. The van der Waals surface area contributed by atoms with Crippen LogP contribution in [0.5, 0.6) is 0 Å². The molecule has 0 bridgehead atoms. The van der Waals surface area contributed by atoms with E-state index in [1.165, 1.54) is 0 Å². The normalized spacial score (nSPS) is 10.2. The van der Waals surface area contributed by atoms with E-state index in [-0.39, 0.29) is 6.54 Å². The van der Waals surface area contributed by atoms with Crippen LogP contribution in [0.1, 0.15) is 5.89 Å². The SMILES string of the molecule is [C-]#[N+]Cc1nc(-c2ccccc2)c(-c2ccccc2)o1. The first kappa shape index (κ1) is 12.2. The quantitative estimate of drug-likeness (QED) is 0.652. The number of hydrogen-bond acceptors (Lipinski definition) is 2. The Hall–Kier alpha value is -2.86. The van der Waals surface area contributed by atoms with Crippen LogP contribution >= 0.6 is 0 Å². The van der Waals surface area contributed by atoms with Crippen LogP contribution in [0.4, 0.5) is 0 Å². The second kappa shape index (κ2) is 5.41. The lowest BCUT2D eigenvalue weighted by Crippen LogP contribution is -1.82. The summed E-state index contributed by atoms with van der Waals surface area (Å²) < 4.78 is 5.77. The minimum Gasteiger partial charge on any atom is -0.433 e. The number of rotatable bonds is 3. The van der Waals surface area contributed by atoms with E-state index in [4.69, 9.17) is 11.0 Å². The van der Waals surface area contributed by atoms with Gasteiger partial charge in [0.2, 0.25) is 0 Å². The Balaban J connectivity index is 2.16. The molecule has 0 N–H and O–H groups in total. The van der Waals surface area contributed by atoms with Crippen LogP contribution < -0.4 is 0 Å². The molecule has 1 aromatic heterocycles. The highest BCUT2D eigenvalue weighted by Crippen LogP contribution is 2.32. The zero-order valence-corrected chi connectivity index (χ0v) is 10.8. The van der Waals surface area contributed by atoms with Crippen molar-refractivity contribution in [3.8, 4) is 22.6 Å². The molecular weight excluding hydrogens is 248 g/mol. The summed E-state index contributed by atoms with van der Waals surface area (Å²) in [4.78, 5) is 7.81. The first-order valence-corrected chi connectivity index (χ1v) is 6.32. The molecule has 3 rings (SSSR count). The first-order chi connectivity index (χ1) is 9.88. The standard InChI is InChI=1S/C17H12N2O/c1-18-12-15-19-16(13-8-4-2-5-9-13)17(20-15)14-10-6-3-7-11-14/h2-11H,12H2. The third-order valence-corrected chi connectivity index (χ3v) is 2.97. The molecule has 0 amide bonds. The maximum Gasteiger partial charge on any atom is 0.289 e. The minimum atomic E-state index is 0.159. The molecule has 0 aliphatic rings. The van der Waals surface area contributed by atoms with Crippen LogP contribution in [-0.4, -0.2) is 4.98 Å². The van der Waals surface area contributed by atoms with E-state index >= 15 is 0 Å². The van der Waals surface area contributed by atoms with E-state index in [1.54, 1.807) is 0 Å². The van der Waals surface area contributed by atoms with Gasteiger partial charge in [-0.05, 0) is 0 Å². The van der Waals surface area contributed by atoms with Crippen molar-refractivity contribution in [3.05, 3.63) is 78.0 Å². The van der Waals surface area contributed by atoms with Gasteiger partial charge < -0.3 is 9.26 Å². The third kappa shape index (κ3) is 2.32. The Morgan fingerprint density at radius 1 is 0.900 bits per heavy atom. The largest absolute Gasteiger partial charge is 0.433 e. The number of nitrogens with zero attached hydrogens (tertiary/aromatic N) is 2. The van der Waals surface area contributed by atoms with Crippen molar-refractivity contribution in [1.82, 2.24) is 4.98 Å². The molecule has 0 saturated heterocycles. The van der Waals surface area contributed by atoms with Crippen molar-refractivity contribution < 1.29 is 4.42 Å². The molecule has 2 aromatic carbocycles. The van der Waals surface area contributed by atoms with Crippen LogP contribution in [0.15, 0.2) is 65.1 Å². The fourth-order valence-electron chi connectivity index (χ4n) is 2.08. The maximum atomic E-state index is 6.95. The summed E-state index contributed by atoms with van der Waals surface area (Å²) in [5, 5.41) is 0. The summed E-state index contributed by atoms with van der Waals surface area (Å²) in [6, 6.07) is 19.7. The summed E-state index contributed by atoms with van der Waals surface area (Å²) in [6.07, 6.45) is 0. The molecule has 96 valence electrons. The van der Waals surface area contributed by atoms with E-state index in [2.05, 4.69) is 9.83 Å². The highest BCUT2D eigenvalue weighted by Gasteiger charge is 2.17. The summed E-state index contributed by atoms with van der Waals surface area (Å²) in [7, 11) is 0. The highest BCUT2D eigenvalue weighted by atomic mass is 16.4. The average Bonchev–Trinajstić information content (AvgIpc) is 2.93. The molecule has 0 atom stereocenters. The van der Waals surface area contributed by atoms with Crippen molar-refractivity contribution in [2.75, 3.05) is 0 Å². The number of oxazole rings is 1. The van der Waals surface area contributed by atoms with Crippen molar-refractivity contribution in [2.45, 2.75) is 6.54 Å². The lowest BCUT2D eigenvalue weighted by molar-refractivity contribution is 0.521. The molecule has 0 unspecified atom stereocenters. The molecule has 3 aromatic rings. The molecule has 3 nitrogen and oxygen atoms in total. The smallest absolute Gasteiger partial charge is 0.289 e. The van der Waals surface area contributed by atoms with Crippen LogP contribution in [0.25, 0.3) is 27.4 Å². The fourth-order valence-corrected chi connectivity index (χ4v) is 2.08. The van der Waals surface area contributed by atoms with E-state index in [9.17, 15) is 0 Å². The molecule has 3 heteroatoms. The van der Waals surface area contributed by atoms with Crippen LogP contribution in [0.3, 0.4) is 0 Å². The Labute approximate surface area is 117 Å². The monoisotopic (exact) mass is 260 g/mol. The molecule has 0 aliphatic carbocycles. The molecule has 20 heavy (non-hydrogen) atoms. The molecule has 0 saturated carbocycles. The molecule has 0 radical (unpaired) electrons. The Morgan fingerprint density at radius 2 is 1.50 bits per heavy atom. The van der Waals surface area contributed by atoms with Gasteiger partial charge in [0.1, 0.15) is 5.69 Å². The summed E-state index contributed by atoms with van der Waals surface area (Å²) in [6.45, 7) is 7.11. The molecular formula is C17H12N2O. The van der Waals surface area contributed by atoms with Crippen molar-refractivity contribution in [3.63, 3.8) is 0 Å².